The van der Waals surface area contributed by atoms with Gasteiger partial charge in [-0.05, 0) is 17.5 Å². The summed E-state index contributed by atoms with van der Waals surface area (Å²) < 4.78 is 1.86. The van der Waals surface area contributed by atoms with Gasteiger partial charge in [0.15, 0.2) is 6.21 Å². The molecule has 0 spiro atoms. The van der Waals surface area contributed by atoms with Crippen LogP contribution in [-0.2, 0) is 11.2 Å². The van der Waals surface area contributed by atoms with Crippen molar-refractivity contribution in [1.29, 1.82) is 0 Å². The van der Waals surface area contributed by atoms with Gasteiger partial charge in [-0.2, -0.15) is 0 Å². The third kappa shape index (κ3) is 2.37. The summed E-state index contributed by atoms with van der Waals surface area (Å²) in [4.78, 5) is 13.0. The molecule has 1 aromatic heterocycles. The van der Waals surface area contributed by atoms with Gasteiger partial charge < -0.3 is 5.11 Å². The molecular weight excluding hydrogens is 294 g/mol. The molecule has 2 heterocycles. The second-order valence-corrected chi connectivity index (χ2v) is 6.09. The molecule has 1 aliphatic heterocycles. The van der Waals surface area contributed by atoms with Crippen LogP contribution >= 0.6 is 22.9 Å². The van der Waals surface area contributed by atoms with E-state index < -0.39 is 12.0 Å². The maximum Gasteiger partial charge on any atom is 0.378 e. The predicted molar refractivity (Wildman–Crippen MR) is 80.1 cm³/mol. The van der Waals surface area contributed by atoms with E-state index in [1.54, 1.807) is 23.5 Å². The first-order valence-electron chi connectivity index (χ1n) is 6.31. The highest BCUT2D eigenvalue weighted by molar-refractivity contribution is 7.10. The molecule has 102 valence electrons. The Morgan fingerprint density at radius 3 is 2.90 bits per heavy atom. The summed E-state index contributed by atoms with van der Waals surface area (Å²) in [5, 5.41) is 12.1. The molecule has 3 rings (SSSR count). The van der Waals surface area contributed by atoms with Gasteiger partial charge in [0.2, 0.25) is 0 Å². The van der Waals surface area contributed by atoms with Gasteiger partial charge >= 0.3 is 5.97 Å². The van der Waals surface area contributed by atoms with Crippen LogP contribution in [-0.4, -0.2) is 28.4 Å². The van der Waals surface area contributed by atoms with E-state index in [0.717, 1.165) is 12.0 Å². The molecule has 3 nitrogen and oxygen atoms in total. The number of nitrogens with zero attached hydrogens (tertiary/aromatic N) is 1. The number of benzene rings is 1. The summed E-state index contributed by atoms with van der Waals surface area (Å²) in [5.41, 5.74) is 1.75. The van der Waals surface area contributed by atoms with Gasteiger partial charge in [0, 0.05) is 16.9 Å². The molecule has 0 fully saturated rings. The van der Waals surface area contributed by atoms with Crippen molar-refractivity contribution in [3.05, 3.63) is 56.7 Å². The minimum atomic E-state index is -0.881. The van der Waals surface area contributed by atoms with Crippen LogP contribution in [0.4, 0.5) is 0 Å². The third-order valence-corrected chi connectivity index (χ3v) is 4.79. The minimum Gasteiger partial charge on any atom is -0.476 e. The number of thiophene rings is 1. The molecule has 0 saturated heterocycles. The Hall–Kier alpha value is -1.65. The van der Waals surface area contributed by atoms with E-state index >= 15 is 0 Å². The monoisotopic (exact) mass is 306 g/mol. The number of carboxylic acids is 1. The highest BCUT2D eigenvalue weighted by atomic mass is 35.5. The largest absolute Gasteiger partial charge is 0.476 e. The van der Waals surface area contributed by atoms with Crippen molar-refractivity contribution >= 4 is 35.1 Å². The standard InChI is InChI=1S/C15H12ClNO2S/c16-12-4-2-1-3-11(12)14(15(18)19)17-7-5-13-10(9-17)6-8-20-13/h1-4,6,8-9,14H,5,7H2/p+1. The number of halogens is 1. The van der Waals surface area contributed by atoms with E-state index in [0.29, 0.717) is 17.1 Å². The van der Waals surface area contributed by atoms with Crippen molar-refractivity contribution in [3.8, 4) is 0 Å². The molecule has 1 unspecified atom stereocenters. The second-order valence-electron chi connectivity index (χ2n) is 4.68. The summed E-state index contributed by atoms with van der Waals surface area (Å²) >= 11 is 7.87. The first-order valence-corrected chi connectivity index (χ1v) is 7.57. The molecule has 2 aromatic rings. The van der Waals surface area contributed by atoms with Gasteiger partial charge in [-0.25, -0.2) is 9.37 Å². The van der Waals surface area contributed by atoms with Crippen LogP contribution in [0.2, 0.25) is 5.02 Å². The van der Waals surface area contributed by atoms with Crippen LogP contribution in [0.3, 0.4) is 0 Å². The molecule has 1 N–H and O–H groups in total. The Labute approximate surface area is 125 Å². The topological polar surface area (TPSA) is 40.3 Å². The number of aliphatic carboxylic acids is 1. The van der Waals surface area contributed by atoms with Crippen molar-refractivity contribution in [2.75, 3.05) is 6.54 Å². The van der Waals surface area contributed by atoms with Gasteiger partial charge in [-0.1, -0.05) is 29.8 Å². The lowest BCUT2D eigenvalue weighted by Gasteiger charge is -2.16. The van der Waals surface area contributed by atoms with Crippen LogP contribution in [0.25, 0.3) is 0 Å². The quantitative estimate of drug-likeness (QED) is 0.885. The highest BCUT2D eigenvalue weighted by Gasteiger charge is 2.34. The Morgan fingerprint density at radius 2 is 2.15 bits per heavy atom. The fourth-order valence-electron chi connectivity index (χ4n) is 2.50. The van der Waals surface area contributed by atoms with Gasteiger partial charge in [-0.15, -0.1) is 11.3 Å². The fourth-order valence-corrected chi connectivity index (χ4v) is 3.58. The van der Waals surface area contributed by atoms with Gasteiger partial charge in [0.25, 0.3) is 6.04 Å². The SMILES string of the molecule is O=C(O)C(c1ccccc1Cl)[N+]1=Cc2ccsc2CC1. The van der Waals surface area contributed by atoms with Crippen molar-refractivity contribution in [2.45, 2.75) is 12.5 Å². The van der Waals surface area contributed by atoms with Crippen LogP contribution in [0.15, 0.2) is 35.7 Å². The van der Waals surface area contributed by atoms with Crippen LogP contribution in [0.5, 0.6) is 0 Å². The number of hydrogen-bond acceptors (Lipinski definition) is 2. The number of fused-ring (bicyclic) bond motifs is 1. The third-order valence-electron chi connectivity index (χ3n) is 3.45. The number of carbonyl (C=O) groups is 1. The highest BCUT2D eigenvalue weighted by Crippen LogP contribution is 2.28. The van der Waals surface area contributed by atoms with Crippen LogP contribution in [0, 0.1) is 0 Å². The maximum absolute atomic E-state index is 11.7. The van der Waals surface area contributed by atoms with Crippen molar-refractivity contribution in [3.63, 3.8) is 0 Å². The van der Waals surface area contributed by atoms with Gasteiger partial charge in [0.05, 0.1) is 10.6 Å². The zero-order valence-corrected chi connectivity index (χ0v) is 12.2. The van der Waals surface area contributed by atoms with Gasteiger partial charge in [-0.3, -0.25) is 0 Å². The summed E-state index contributed by atoms with van der Waals surface area (Å²) in [6, 6.07) is 8.41. The molecule has 0 bridgehead atoms. The second kappa shape index (κ2) is 5.38. The summed E-state index contributed by atoms with van der Waals surface area (Å²) in [5.74, 6) is -0.881. The maximum atomic E-state index is 11.7. The molecule has 20 heavy (non-hydrogen) atoms. The van der Waals surface area contributed by atoms with E-state index in [9.17, 15) is 9.90 Å². The van der Waals surface area contributed by atoms with Crippen molar-refractivity contribution in [2.24, 2.45) is 0 Å². The van der Waals surface area contributed by atoms with Crippen molar-refractivity contribution in [1.82, 2.24) is 0 Å². The Bertz CT molecular complexity index is 693. The smallest absolute Gasteiger partial charge is 0.378 e. The van der Waals surface area contributed by atoms with E-state index in [2.05, 4.69) is 0 Å². The minimum absolute atomic E-state index is 0.490. The zero-order valence-electron chi connectivity index (χ0n) is 10.6. The molecule has 0 amide bonds. The van der Waals surface area contributed by atoms with Crippen LogP contribution < -0.4 is 0 Å². The number of carboxylic acid groups (broad SMARTS) is 1. The molecule has 1 atom stereocenters. The number of hydrogen-bond donors (Lipinski definition) is 1. The Balaban J connectivity index is 2.06. The first kappa shape index (κ1) is 13.3. The Morgan fingerprint density at radius 1 is 1.35 bits per heavy atom. The first-order chi connectivity index (χ1) is 9.66. The normalized spacial score (nSPS) is 15.3. The van der Waals surface area contributed by atoms with Crippen LogP contribution in [0.1, 0.15) is 22.0 Å². The van der Waals surface area contributed by atoms with E-state index in [4.69, 9.17) is 11.6 Å². The average molecular weight is 307 g/mol. The molecule has 0 aliphatic carbocycles. The lowest BCUT2D eigenvalue weighted by Crippen LogP contribution is -2.31. The van der Waals surface area contributed by atoms with Crippen molar-refractivity contribution < 1.29 is 14.5 Å². The molecule has 5 heteroatoms. The van der Waals surface area contributed by atoms with E-state index in [-0.39, 0.29) is 0 Å². The average Bonchev–Trinajstić information content (AvgIpc) is 2.88. The summed E-state index contributed by atoms with van der Waals surface area (Å²) in [6.45, 7) is 0.690. The number of rotatable bonds is 3. The molecule has 1 aliphatic rings. The molecular formula is C15H13ClNO2S+. The lowest BCUT2D eigenvalue weighted by atomic mass is 10.0. The molecule has 0 saturated carbocycles. The lowest BCUT2D eigenvalue weighted by molar-refractivity contribution is -0.556. The summed E-state index contributed by atoms with van der Waals surface area (Å²) in [7, 11) is 0. The van der Waals surface area contributed by atoms with E-state index in [1.807, 2.05) is 34.4 Å². The fraction of sp³-hybridized carbons (Fsp3) is 0.200. The van der Waals surface area contributed by atoms with Gasteiger partial charge in [0.1, 0.15) is 6.54 Å². The summed E-state index contributed by atoms with van der Waals surface area (Å²) in [6.07, 6.45) is 2.80. The predicted octanol–water partition coefficient (Wildman–Crippen LogP) is 3.21. The Kier molecular flexibility index (Phi) is 3.59. The zero-order chi connectivity index (χ0) is 14.1. The van der Waals surface area contributed by atoms with E-state index in [1.165, 1.54) is 4.88 Å². The molecule has 1 aromatic carbocycles. The molecule has 0 radical (unpaired) electrons.